The minimum atomic E-state index is 0.0550. The fourth-order valence-electron chi connectivity index (χ4n) is 1.72. The predicted molar refractivity (Wildman–Crippen MR) is 74.6 cm³/mol. The van der Waals surface area contributed by atoms with E-state index in [1.807, 2.05) is 29.6 Å². The second-order valence-corrected chi connectivity index (χ2v) is 6.20. The normalized spacial score (nSPS) is 10.9. The number of carbonyl (C=O) groups excluding carboxylic acids is 1. The highest BCUT2D eigenvalue weighted by atomic mass is 35.5. The van der Waals surface area contributed by atoms with Crippen molar-refractivity contribution in [3.63, 3.8) is 0 Å². The maximum atomic E-state index is 12.3. The van der Waals surface area contributed by atoms with Crippen LogP contribution in [0.5, 0.6) is 0 Å². The van der Waals surface area contributed by atoms with Crippen molar-refractivity contribution in [1.82, 2.24) is 0 Å². The molecular weight excluding hydrogens is 272 g/mol. The number of hydrogen-bond donors (Lipinski definition) is 0. The van der Waals surface area contributed by atoms with E-state index >= 15 is 0 Å². The summed E-state index contributed by atoms with van der Waals surface area (Å²) in [4.78, 5) is 13.0. The fourth-order valence-corrected chi connectivity index (χ4v) is 3.66. The summed E-state index contributed by atoms with van der Waals surface area (Å²) in [5.41, 5.74) is 0.768. The zero-order valence-electron chi connectivity index (χ0n) is 8.64. The van der Waals surface area contributed by atoms with Gasteiger partial charge in [-0.05, 0) is 18.2 Å². The van der Waals surface area contributed by atoms with Crippen LogP contribution >= 0.6 is 34.3 Å². The average Bonchev–Trinajstić information content (AvgIpc) is 2.94. The molecule has 0 amide bonds. The molecule has 3 aromatic rings. The van der Waals surface area contributed by atoms with Gasteiger partial charge in [-0.25, -0.2) is 0 Å². The summed E-state index contributed by atoms with van der Waals surface area (Å²) >= 11 is 8.77. The Balaban J connectivity index is 2.13. The number of rotatable bonds is 2. The molecule has 0 bridgehead atoms. The number of ketones is 1. The van der Waals surface area contributed by atoms with Crippen LogP contribution in [0.1, 0.15) is 15.2 Å². The van der Waals surface area contributed by atoms with E-state index in [2.05, 4.69) is 0 Å². The molecule has 0 saturated carbocycles. The summed E-state index contributed by atoms with van der Waals surface area (Å²) < 4.78 is 1.78. The van der Waals surface area contributed by atoms with Crippen molar-refractivity contribution in [2.24, 2.45) is 0 Å². The van der Waals surface area contributed by atoms with Gasteiger partial charge in [-0.15, -0.1) is 22.7 Å². The van der Waals surface area contributed by atoms with Crippen LogP contribution in [-0.2, 0) is 0 Å². The van der Waals surface area contributed by atoms with Crippen molar-refractivity contribution in [2.45, 2.75) is 0 Å². The van der Waals surface area contributed by atoms with Crippen molar-refractivity contribution < 1.29 is 4.79 Å². The van der Waals surface area contributed by atoms with E-state index in [4.69, 9.17) is 11.6 Å². The molecule has 0 spiro atoms. The molecule has 0 aliphatic heterocycles. The summed E-state index contributed by atoms with van der Waals surface area (Å²) in [5.74, 6) is 0.0550. The van der Waals surface area contributed by atoms with Crippen molar-refractivity contribution in [2.75, 3.05) is 0 Å². The molecule has 2 aromatic heterocycles. The van der Waals surface area contributed by atoms with Crippen molar-refractivity contribution in [3.05, 3.63) is 56.6 Å². The molecule has 3 rings (SSSR count). The monoisotopic (exact) mass is 278 g/mol. The topological polar surface area (TPSA) is 17.1 Å². The van der Waals surface area contributed by atoms with Gasteiger partial charge in [0, 0.05) is 21.0 Å². The van der Waals surface area contributed by atoms with Gasteiger partial charge < -0.3 is 0 Å². The molecule has 84 valence electrons. The number of benzene rings is 1. The molecule has 0 N–H and O–H groups in total. The zero-order valence-corrected chi connectivity index (χ0v) is 11.0. The van der Waals surface area contributed by atoms with Crippen LogP contribution in [0.25, 0.3) is 10.1 Å². The van der Waals surface area contributed by atoms with Crippen LogP contribution in [-0.4, -0.2) is 5.78 Å². The Morgan fingerprint density at radius 3 is 2.71 bits per heavy atom. The molecule has 0 fully saturated rings. The van der Waals surface area contributed by atoms with E-state index < -0.39 is 0 Å². The van der Waals surface area contributed by atoms with E-state index in [0.717, 1.165) is 15.6 Å². The summed E-state index contributed by atoms with van der Waals surface area (Å²) in [6, 6.07) is 11.5. The molecule has 0 aliphatic carbocycles. The molecule has 1 nitrogen and oxygen atoms in total. The van der Waals surface area contributed by atoms with E-state index in [-0.39, 0.29) is 5.78 Å². The van der Waals surface area contributed by atoms with Crippen LogP contribution < -0.4 is 0 Å². The van der Waals surface area contributed by atoms with E-state index in [1.54, 1.807) is 23.5 Å². The van der Waals surface area contributed by atoms with Crippen molar-refractivity contribution in [3.8, 4) is 0 Å². The van der Waals surface area contributed by atoms with Crippen LogP contribution in [0.4, 0.5) is 0 Å². The molecule has 2 heterocycles. The van der Waals surface area contributed by atoms with Crippen LogP contribution in [0.15, 0.2) is 41.8 Å². The second-order valence-electron chi connectivity index (χ2n) is 3.58. The Bertz CT molecular complexity index is 696. The minimum Gasteiger partial charge on any atom is -0.288 e. The maximum absolute atomic E-state index is 12.3. The Morgan fingerprint density at radius 2 is 1.94 bits per heavy atom. The number of hydrogen-bond acceptors (Lipinski definition) is 3. The van der Waals surface area contributed by atoms with Crippen LogP contribution in [0.2, 0.25) is 4.34 Å². The van der Waals surface area contributed by atoms with Gasteiger partial charge in [0.05, 0.1) is 9.21 Å². The van der Waals surface area contributed by atoms with Crippen LogP contribution in [0, 0.1) is 0 Å². The molecule has 1 aromatic carbocycles. The van der Waals surface area contributed by atoms with Gasteiger partial charge in [0.1, 0.15) is 0 Å². The molecule has 4 heteroatoms. The third-order valence-corrected chi connectivity index (χ3v) is 4.72. The first-order chi connectivity index (χ1) is 8.25. The first-order valence-corrected chi connectivity index (χ1v) is 7.09. The average molecular weight is 279 g/mol. The molecule has 0 radical (unpaired) electrons. The third-order valence-electron chi connectivity index (χ3n) is 2.52. The van der Waals surface area contributed by atoms with E-state index in [1.165, 1.54) is 11.3 Å². The van der Waals surface area contributed by atoms with Gasteiger partial charge in [-0.1, -0.05) is 29.8 Å². The first kappa shape index (κ1) is 11.0. The lowest BCUT2D eigenvalue weighted by Crippen LogP contribution is -1.96. The highest BCUT2D eigenvalue weighted by Crippen LogP contribution is 2.30. The molecule has 0 unspecified atom stereocenters. The Labute approximate surface area is 111 Å². The second kappa shape index (κ2) is 4.26. The van der Waals surface area contributed by atoms with E-state index in [9.17, 15) is 4.79 Å². The number of fused-ring (bicyclic) bond motifs is 1. The van der Waals surface area contributed by atoms with Gasteiger partial charge in [-0.3, -0.25) is 4.79 Å². The number of thiophene rings is 2. The molecule has 17 heavy (non-hydrogen) atoms. The standard InChI is InChI=1S/C13H7ClOS2/c14-12-6-5-11(17-12)13(15)9-7-16-10-4-2-1-3-8(9)10/h1-7H. The Hall–Kier alpha value is -1.16. The highest BCUT2D eigenvalue weighted by molar-refractivity contribution is 7.19. The zero-order chi connectivity index (χ0) is 11.8. The number of halogens is 1. The van der Waals surface area contributed by atoms with Gasteiger partial charge in [0.25, 0.3) is 0 Å². The SMILES string of the molecule is O=C(c1ccc(Cl)s1)c1csc2ccccc12. The lowest BCUT2D eigenvalue weighted by atomic mass is 10.1. The van der Waals surface area contributed by atoms with Crippen molar-refractivity contribution >= 4 is 50.1 Å². The summed E-state index contributed by atoms with van der Waals surface area (Å²) in [5, 5.41) is 2.94. The van der Waals surface area contributed by atoms with Crippen LogP contribution in [0.3, 0.4) is 0 Å². The lowest BCUT2D eigenvalue weighted by Gasteiger charge is -1.95. The Kier molecular flexibility index (Phi) is 2.74. The minimum absolute atomic E-state index is 0.0550. The molecular formula is C13H7ClOS2. The fraction of sp³-hybridized carbons (Fsp3) is 0. The van der Waals surface area contributed by atoms with E-state index in [0.29, 0.717) is 9.21 Å². The lowest BCUT2D eigenvalue weighted by molar-refractivity contribution is 0.104. The summed E-state index contributed by atoms with van der Waals surface area (Å²) in [6.07, 6.45) is 0. The van der Waals surface area contributed by atoms with Gasteiger partial charge in [0.15, 0.2) is 0 Å². The largest absolute Gasteiger partial charge is 0.288 e. The smallest absolute Gasteiger partial charge is 0.204 e. The molecule has 0 aliphatic rings. The molecule has 0 saturated heterocycles. The Morgan fingerprint density at radius 1 is 1.12 bits per heavy atom. The number of carbonyl (C=O) groups is 1. The maximum Gasteiger partial charge on any atom is 0.204 e. The summed E-state index contributed by atoms with van der Waals surface area (Å²) in [7, 11) is 0. The highest BCUT2D eigenvalue weighted by Gasteiger charge is 2.15. The van der Waals surface area contributed by atoms with Gasteiger partial charge >= 0.3 is 0 Å². The quantitative estimate of drug-likeness (QED) is 0.613. The van der Waals surface area contributed by atoms with Gasteiger partial charge in [-0.2, -0.15) is 0 Å². The predicted octanol–water partition coefficient (Wildman–Crippen LogP) is 4.85. The third kappa shape index (κ3) is 1.90. The first-order valence-electron chi connectivity index (χ1n) is 5.02. The summed E-state index contributed by atoms with van der Waals surface area (Å²) in [6.45, 7) is 0. The van der Waals surface area contributed by atoms with Crippen molar-refractivity contribution in [1.29, 1.82) is 0 Å². The van der Waals surface area contributed by atoms with Gasteiger partial charge in [0.2, 0.25) is 5.78 Å². The molecule has 0 atom stereocenters.